The van der Waals surface area contributed by atoms with Crippen LogP contribution in [0.25, 0.3) is 0 Å². The molecule has 1 heterocycles. The van der Waals surface area contributed by atoms with Crippen LogP contribution in [0.4, 0.5) is 0 Å². The van der Waals surface area contributed by atoms with E-state index in [1.165, 1.54) is 19.3 Å². The molecule has 0 spiro atoms. The van der Waals surface area contributed by atoms with Gasteiger partial charge in [-0.2, -0.15) is 5.10 Å². The molecule has 54 valence electrons. The summed E-state index contributed by atoms with van der Waals surface area (Å²) in [6, 6.07) is 0. The number of hydrogen-bond donors (Lipinski definition) is 0. The maximum atomic E-state index is 4.19. The zero-order valence-corrected chi connectivity index (χ0v) is 6.12. The Morgan fingerprint density at radius 1 is 1.60 bits per heavy atom. The molecule has 0 aromatic carbocycles. The van der Waals surface area contributed by atoms with Crippen molar-refractivity contribution in [1.82, 2.24) is 14.8 Å². The van der Waals surface area contributed by atoms with Crippen molar-refractivity contribution >= 4 is 0 Å². The van der Waals surface area contributed by atoms with Gasteiger partial charge in [-0.3, -0.25) is 4.68 Å². The Kier molecular flexibility index (Phi) is 1.22. The van der Waals surface area contributed by atoms with Gasteiger partial charge in [0.2, 0.25) is 0 Å². The first-order valence-corrected chi connectivity index (χ1v) is 3.72. The Hall–Kier alpha value is -0.860. The van der Waals surface area contributed by atoms with Crippen LogP contribution in [-0.2, 0) is 7.05 Å². The average Bonchev–Trinajstić information content (AvgIpc) is 2.12. The van der Waals surface area contributed by atoms with E-state index in [2.05, 4.69) is 10.1 Å². The van der Waals surface area contributed by atoms with Gasteiger partial charge in [-0.05, 0) is 12.8 Å². The molecule has 0 aliphatic heterocycles. The monoisotopic (exact) mass is 137 g/mol. The summed E-state index contributed by atoms with van der Waals surface area (Å²) >= 11 is 0. The van der Waals surface area contributed by atoms with Crippen molar-refractivity contribution in [3.8, 4) is 0 Å². The molecule has 1 fully saturated rings. The maximum Gasteiger partial charge on any atom is 0.138 e. The molecule has 1 aliphatic carbocycles. The summed E-state index contributed by atoms with van der Waals surface area (Å²) in [5, 5.41) is 4.03. The third kappa shape index (κ3) is 0.735. The smallest absolute Gasteiger partial charge is 0.138 e. The van der Waals surface area contributed by atoms with E-state index < -0.39 is 0 Å². The quantitative estimate of drug-likeness (QED) is 0.580. The van der Waals surface area contributed by atoms with Crippen LogP contribution in [0.15, 0.2) is 6.33 Å². The van der Waals surface area contributed by atoms with Gasteiger partial charge >= 0.3 is 0 Å². The minimum atomic E-state index is 0.701. The SMILES string of the molecule is Cn1ncnc1C1CCC1. The Balaban J connectivity index is 2.23. The molecule has 0 N–H and O–H groups in total. The Bertz CT molecular complexity index is 225. The minimum absolute atomic E-state index is 0.701. The first-order chi connectivity index (χ1) is 4.88. The third-order valence-corrected chi connectivity index (χ3v) is 2.22. The molecule has 2 rings (SSSR count). The highest BCUT2D eigenvalue weighted by atomic mass is 15.3. The van der Waals surface area contributed by atoms with Crippen LogP contribution >= 0.6 is 0 Å². The molecule has 0 amide bonds. The second-order valence-corrected chi connectivity index (χ2v) is 2.87. The molecule has 0 unspecified atom stereocenters. The van der Waals surface area contributed by atoms with Gasteiger partial charge in [0, 0.05) is 13.0 Å². The van der Waals surface area contributed by atoms with Crippen molar-refractivity contribution in [2.75, 3.05) is 0 Å². The van der Waals surface area contributed by atoms with Crippen LogP contribution < -0.4 is 0 Å². The number of aromatic nitrogens is 3. The number of hydrogen-bond acceptors (Lipinski definition) is 2. The molecule has 0 saturated heterocycles. The number of nitrogens with zero attached hydrogens (tertiary/aromatic N) is 3. The third-order valence-electron chi connectivity index (χ3n) is 2.22. The van der Waals surface area contributed by atoms with Gasteiger partial charge in [-0.15, -0.1) is 0 Å². The highest BCUT2D eigenvalue weighted by molar-refractivity contribution is 4.99. The van der Waals surface area contributed by atoms with E-state index in [1.807, 2.05) is 11.7 Å². The molecular weight excluding hydrogens is 126 g/mol. The van der Waals surface area contributed by atoms with Crippen LogP contribution in [0.5, 0.6) is 0 Å². The lowest BCUT2D eigenvalue weighted by Crippen LogP contribution is -2.14. The van der Waals surface area contributed by atoms with Crippen molar-refractivity contribution in [2.45, 2.75) is 25.2 Å². The van der Waals surface area contributed by atoms with Crippen LogP contribution in [-0.4, -0.2) is 14.8 Å². The predicted molar refractivity (Wildman–Crippen MR) is 37.6 cm³/mol. The summed E-state index contributed by atoms with van der Waals surface area (Å²) in [6.07, 6.45) is 5.59. The molecule has 0 atom stereocenters. The molecule has 1 aromatic heterocycles. The van der Waals surface area contributed by atoms with Crippen LogP contribution in [0.1, 0.15) is 31.0 Å². The van der Waals surface area contributed by atoms with Gasteiger partial charge < -0.3 is 0 Å². The summed E-state index contributed by atoms with van der Waals surface area (Å²) in [4.78, 5) is 4.19. The lowest BCUT2D eigenvalue weighted by molar-refractivity contribution is 0.388. The zero-order valence-electron chi connectivity index (χ0n) is 6.12. The molecule has 1 aromatic rings. The zero-order chi connectivity index (χ0) is 6.97. The second kappa shape index (κ2) is 2.08. The fourth-order valence-corrected chi connectivity index (χ4v) is 1.34. The highest BCUT2D eigenvalue weighted by Gasteiger charge is 2.22. The summed E-state index contributed by atoms with van der Waals surface area (Å²) in [7, 11) is 1.96. The highest BCUT2D eigenvalue weighted by Crippen LogP contribution is 2.34. The molecule has 3 heteroatoms. The average molecular weight is 137 g/mol. The minimum Gasteiger partial charge on any atom is -0.253 e. The van der Waals surface area contributed by atoms with Gasteiger partial charge in [0.05, 0.1) is 0 Å². The maximum absolute atomic E-state index is 4.19. The predicted octanol–water partition coefficient (Wildman–Crippen LogP) is 1.08. The van der Waals surface area contributed by atoms with Gasteiger partial charge in [0.1, 0.15) is 12.2 Å². The van der Waals surface area contributed by atoms with Crippen molar-refractivity contribution in [1.29, 1.82) is 0 Å². The van der Waals surface area contributed by atoms with Crippen molar-refractivity contribution in [3.63, 3.8) is 0 Å². The largest absolute Gasteiger partial charge is 0.253 e. The summed E-state index contributed by atoms with van der Waals surface area (Å²) in [5.74, 6) is 1.86. The van der Waals surface area contributed by atoms with E-state index in [4.69, 9.17) is 0 Å². The Morgan fingerprint density at radius 3 is 2.80 bits per heavy atom. The van der Waals surface area contributed by atoms with Crippen LogP contribution in [0.2, 0.25) is 0 Å². The standard InChI is InChI=1S/C7H11N3/c1-10-7(8-5-9-10)6-3-2-4-6/h5-6H,2-4H2,1H3. The lowest BCUT2D eigenvalue weighted by Gasteiger charge is -2.23. The number of rotatable bonds is 1. The van der Waals surface area contributed by atoms with Crippen LogP contribution in [0, 0.1) is 0 Å². The van der Waals surface area contributed by atoms with E-state index >= 15 is 0 Å². The first-order valence-electron chi connectivity index (χ1n) is 3.72. The van der Waals surface area contributed by atoms with Crippen molar-refractivity contribution in [3.05, 3.63) is 12.2 Å². The van der Waals surface area contributed by atoms with E-state index in [1.54, 1.807) is 6.33 Å². The molecule has 1 saturated carbocycles. The van der Waals surface area contributed by atoms with E-state index in [9.17, 15) is 0 Å². The topological polar surface area (TPSA) is 30.7 Å². The fourth-order valence-electron chi connectivity index (χ4n) is 1.34. The summed E-state index contributed by atoms with van der Waals surface area (Å²) in [6.45, 7) is 0. The summed E-state index contributed by atoms with van der Waals surface area (Å²) < 4.78 is 1.88. The van der Waals surface area contributed by atoms with Gasteiger partial charge in [-0.1, -0.05) is 6.42 Å². The fraction of sp³-hybridized carbons (Fsp3) is 0.714. The van der Waals surface area contributed by atoms with E-state index in [-0.39, 0.29) is 0 Å². The van der Waals surface area contributed by atoms with Crippen molar-refractivity contribution < 1.29 is 0 Å². The molecule has 0 radical (unpaired) electrons. The molecule has 3 nitrogen and oxygen atoms in total. The molecule has 1 aliphatic rings. The van der Waals surface area contributed by atoms with Gasteiger partial charge in [-0.25, -0.2) is 4.98 Å². The first kappa shape index (κ1) is 5.89. The lowest BCUT2D eigenvalue weighted by atomic mass is 9.85. The van der Waals surface area contributed by atoms with Gasteiger partial charge in [0.25, 0.3) is 0 Å². The molecular formula is C7H11N3. The Labute approximate surface area is 60.1 Å². The van der Waals surface area contributed by atoms with Crippen LogP contribution in [0.3, 0.4) is 0 Å². The van der Waals surface area contributed by atoms with E-state index in [0.29, 0.717) is 5.92 Å². The number of aryl methyl sites for hydroxylation is 1. The molecule has 10 heavy (non-hydrogen) atoms. The van der Waals surface area contributed by atoms with E-state index in [0.717, 1.165) is 5.82 Å². The second-order valence-electron chi connectivity index (χ2n) is 2.87. The summed E-state index contributed by atoms with van der Waals surface area (Å²) in [5.41, 5.74) is 0. The molecule has 0 bridgehead atoms. The Morgan fingerprint density at radius 2 is 2.40 bits per heavy atom. The van der Waals surface area contributed by atoms with Crippen molar-refractivity contribution in [2.24, 2.45) is 7.05 Å². The normalized spacial score (nSPS) is 18.9. The van der Waals surface area contributed by atoms with Gasteiger partial charge in [0.15, 0.2) is 0 Å².